The highest BCUT2D eigenvalue weighted by Crippen LogP contribution is 2.26. The van der Waals surface area contributed by atoms with E-state index in [9.17, 15) is 0 Å². The zero-order valence-electron chi connectivity index (χ0n) is 17.6. The summed E-state index contributed by atoms with van der Waals surface area (Å²) in [4.78, 5) is 15.0. The van der Waals surface area contributed by atoms with Crippen LogP contribution in [0.1, 0.15) is 5.56 Å². The van der Waals surface area contributed by atoms with Gasteiger partial charge in [-0.2, -0.15) is 10.1 Å². The van der Waals surface area contributed by atoms with E-state index in [1.165, 1.54) is 11.9 Å². The maximum atomic E-state index is 5.85. The highest BCUT2D eigenvalue weighted by atomic mass is 15.3. The first-order chi connectivity index (χ1) is 15.7. The van der Waals surface area contributed by atoms with Crippen molar-refractivity contribution in [3.8, 4) is 0 Å². The van der Waals surface area contributed by atoms with E-state index in [2.05, 4.69) is 49.6 Å². The van der Waals surface area contributed by atoms with Crippen LogP contribution in [-0.4, -0.2) is 39.6 Å². The van der Waals surface area contributed by atoms with Crippen molar-refractivity contribution in [1.29, 1.82) is 0 Å². The number of anilines is 4. The summed E-state index contributed by atoms with van der Waals surface area (Å²) in [6.45, 7) is 0.728. The summed E-state index contributed by atoms with van der Waals surface area (Å²) in [7, 11) is 7.77. The third kappa shape index (κ3) is 4.16. The molecule has 154 valence electrons. The van der Waals surface area contributed by atoms with Crippen LogP contribution in [0.15, 0.2) is 85.3 Å². The van der Waals surface area contributed by atoms with Crippen LogP contribution in [0, 0.1) is 0 Å². The second-order valence-electron chi connectivity index (χ2n) is 7.45. The van der Waals surface area contributed by atoms with Gasteiger partial charge in [0.15, 0.2) is 0 Å². The summed E-state index contributed by atoms with van der Waals surface area (Å²) < 4.78 is 2.00. The predicted octanol–water partition coefficient (Wildman–Crippen LogP) is 3.57. The molecule has 8 heteroatoms. The molecule has 2 radical (unpaired) electrons. The summed E-state index contributed by atoms with van der Waals surface area (Å²) in [6.07, 6.45) is 3.37. The molecule has 0 aliphatic rings. The fourth-order valence-corrected chi connectivity index (χ4v) is 3.54. The summed E-state index contributed by atoms with van der Waals surface area (Å²) >= 11 is 0. The molecule has 2 aromatic heterocycles. The van der Waals surface area contributed by atoms with Crippen LogP contribution in [0.5, 0.6) is 0 Å². The van der Waals surface area contributed by atoms with Crippen LogP contribution in [0.3, 0.4) is 0 Å². The molecule has 2 heterocycles. The fourth-order valence-electron chi connectivity index (χ4n) is 3.54. The molecule has 0 fully saturated rings. The lowest BCUT2D eigenvalue weighted by Crippen LogP contribution is -2.14. The van der Waals surface area contributed by atoms with Gasteiger partial charge in [-0.1, -0.05) is 47.9 Å². The monoisotopic (exact) mass is 417 g/mol. The van der Waals surface area contributed by atoms with Gasteiger partial charge in [-0.15, -0.1) is 0 Å². The first kappa shape index (κ1) is 19.7. The van der Waals surface area contributed by atoms with Crippen molar-refractivity contribution >= 4 is 47.5 Å². The Hall–Kier alpha value is -4.20. The van der Waals surface area contributed by atoms with Crippen molar-refractivity contribution in [2.45, 2.75) is 6.54 Å². The minimum atomic E-state index is 0.448. The molecule has 0 unspecified atom stereocenters. The SMILES string of the molecule is [B]c1cccc(Nc2ncnc(N(C)c3ccc4c(cnn4Cc4ccccc4)c3)n2)c1. The maximum Gasteiger partial charge on any atom is 0.234 e. The molecule has 5 aromatic rings. The molecule has 5 rings (SSSR count). The van der Waals surface area contributed by atoms with Crippen molar-refractivity contribution in [1.82, 2.24) is 24.7 Å². The lowest BCUT2D eigenvalue weighted by Gasteiger charge is -2.18. The molecule has 0 saturated heterocycles. The number of nitrogens with one attached hydrogen (secondary N) is 1. The van der Waals surface area contributed by atoms with Crippen molar-refractivity contribution in [3.63, 3.8) is 0 Å². The molecule has 0 bridgehead atoms. The van der Waals surface area contributed by atoms with Crippen molar-refractivity contribution in [2.75, 3.05) is 17.3 Å². The lowest BCUT2D eigenvalue weighted by atomic mass is 9.96. The molecule has 32 heavy (non-hydrogen) atoms. The maximum absolute atomic E-state index is 5.85. The molecular weight excluding hydrogens is 397 g/mol. The van der Waals surface area contributed by atoms with Crippen molar-refractivity contribution in [3.05, 3.63) is 90.9 Å². The number of hydrogen-bond acceptors (Lipinski definition) is 6. The van der Waals surface area contributed by atoms with Crippen LogP contribution in [0.4, 0.5) is 23.3 Å². The Bertz CT molecular complexity index is 1370. The number of aromatic nitrogens is 5. The molecule has 1 N–H and O–H groups in total. The highest BCUT2D eigenvalue weighted by molar-refractivity contribution is 6.32. The summed E-state index contributed by atoms with van der Waals surface area (Å²) in [5.74, 6) is 0.978. The molecular formula is C24H20BN7. The Morgan fingerprint density at radius 1 is 0.969 bits per heavy atom. The Balaban J connectivity index is 1.38. The van der Waals surface area contributed by atoms with Crippen LogP contribution >= 0.6 is 0 Å². The fraction of sp³-hybridized carbons (Fsp3) is 0.0833. The van der Waals surface area contributed by atoms with Gasteiger partial charge in [0.05, 0.1) is 18.3 Å². The number of benzene rings is 3. The standard InChI is InChI=1S/C24H20BN7/c1-31(24-27-16-26-23(30-24)29-20-9-5-8-19(25)13-20)21-10-11-22-18(12-21)14-28-32(22)15-17-6-3-2-4-7-17/h2-14,16H,15H2,1H3,(H,26,27,29,30). The highest BCUT2D eigenvalue weighted by Gasteiger charge is 2.12. The molecule has 0 aliphatic heterocycles. The van der Waals surface area contributed by atoms with E-state index in [1.54, 1.807) is 0 Å². The van der Waals surface area contributed by atoms with Gasteiger partial charge in [-0.3, -0.25) is 4.68 Å². The van der Waals surface area contributed by atoms with Gasteiger partial charge in [-0.25, -0.2) is 9.97 Å². The minimum Gasteiger partial charge on any atom is -0.324 e. The van der Waals surface area contributed by atoms with Gasteiger partial charge in [0.2, 0.25) is 11.9 Å². The van der Waals surface area contributed by atoms with Gasteiger partial charge in [0.1, 0.15) is 14.2 Å². The Morgan fingerprint density at radius 3 is 2.69 bits per heavy atom. The smallest absolute Gasteiger partial charge is 0.234 e. The Morgan fingerprint density at radius 2 is 1.84 bits per heavy atom. The molecule has 0 spiro atoms. The summed E-state index contributed by atoms with van der Waals surface area (Å²) in [5.41, 5.74) is 4.73. The molecule has 7 nitrogen and oxygen atoms in total. The largest absolute Gasteiger partial charge is 0.324 e. The number of fused-ring (bicyclic) bond motifs is 1. The third-order valence-electron chi connectivity index (χ3n) is 5.19. The van der Waals surface area contributed by atoms with Crippen LogP contribution < -0.4 is 15.7 Å². The number of hydrogen-bond donors (Lipinski definition) is 1. The van der Waals surface area contributed by atoms with Gasteiger partial charge >= 0.3 is 0 Å². The predicted molar refractivity (Wildman–Crippen MR) is 128 cm³/mol. The summed E-state index contributed by atoms with van der Waals surface area (Å²) in [6, 6.07) is 23.9. The minimum absolute atomic E-state index is 0.448. The second kappa shape index (κ2) is 8.51. The van der Waals surface area contributed by atoms with Gasteiger partial charge in [-0.05, 0) is 35.9 Å². The van der Waals surface area contributed by atoms with Crippen molar-refractivity contribution in [2.24, 2.45) is 0 Å². The molecule has 0 amide bonds. The molecule has 0 atom stereocenters. The van der Waals surface area contributed by atoms with Crippen LogP contribution in [0.25, 0.3) is 10.9 Å². The first-order valence-corrected chi connectivity index (χ1v) is 10.2. The third-order valence-corrected chi connectivity index (χ3v) is 5.19. The Kier molecular flexibility index (Phi) is 5.25. The zero-order chi connectivity index (χ0) is 21.9. The number of nitrogens with zero attached hydrogens (tertiary/aromatic N) is 6. The van der Waals surface area contributed by atoms with Crippen LogP contribution in [-0.2, 0) is 6.54 Å². The lowest BCUT2D eigenvalue weighted by molar-refractivity contribution is 0.712. The van der Waals surface area contributed by atoms with Gasteiger partial charge < -0.3 is 10.2 Å². The zero-order valence-corrected chi connectivity index (χ0v) is 17.6. The van der Waals surface area contributed by atoms with Crippen molar-refractivity contribution < 1.29 is 0 Å². The van der Waals surface area contributed by atoms with Gasteiger partial charge in [0, 0.05) is 23.8 Å². The second-order valence-corrected chi connectivity index (χ2v) is 7.45. The normalized spacial score (nSPS) is 10.9. The Labute approximate surface area is 187 Å². The summed E-state index contributed by atoms with van der Waals surface area (Å²) in [5, 5.41) is 8.79. The van der Waals surface area contributed by atoms with E-state index in [-0.39, 0.29) is 0 Å². The topological polar surface area (TPSA) is 71.8 Å². The average molecular weight is 417 g/mol. The van der Waals surface area contributed by atoms with E-state index in [1.807, 2.05) is 71.4 Å². The number of rotatable bonds is 6. The van der Waals surface area contributed by atoms with E-state index >= 15 is 0 Å². The van der Waals surface area contributed by atoms with Crippen LogP contribution in [0.2, 0.25) is 0 Å². The molecule has 0 aliphatic carbocycles. The molecule has 3 aromatic carbocycles. The van der Waals surface area contributed by atoms with E-state index in [0.717, 1.165) is 28.8 Å². The van der Waals surface area contributed by atoms with E-state index < -0.39 is 0 Å². The van der Waals surface area contributed by atoms with Gasteiger partial charge in [0.25, 0.3) is 0 Å². The van der Waals surface area contributed by atoms with E-state index in [4.69, 9.17) is 7.85 Å². The van der Waals surface area contributed by atoms with E-state index in [0.29, 0.717) is 17.4 Å². The average Bonchev–Trinajstić information content (AvgIpc) is 3.21. The molecule has 0 saturated carbocycles. The first-order valence-electron chi connectivity index (χ1n) is 10.2. The quantitative estimate of drug-likeness (QED) is 0.426.